The summed E-state index contributed by atoms with van der Waals surface area (Å²) in [6.07, 6.45) is 49.5. The van der Waals surface area contributed by atoms with Crippen LogP contribution in [-0.4, -0.2) is 81.6 Å². The van der Waals surface area contributed by atoms with Crippen molar-refractivity contribution in [1.82, 2.24) is 0 Å². The lowest BCUT2D eigenvalue weighted by Crippen LogP contribution is -2.29. The Bertz CT molecular complexity index is 1600. The summed E-state index contributed by atoms with van der Waals surface area (Å²) in [4.78, 5) is 52.7. The van der Waals surface area contributed by atoms with Crippen molar-refractivity contribution < 1.29 is 66.7 Å². The third-order valence-corrected chi connectivity index (χ3v) is 9.85. The molecule has 0 aromatic carbocycles. The average Bonchev–Trinajstić information content (AvgIpc) is 3.25. The number of ether oxygens (including phenoxy) is 2. The van der Waals surface area contributed by atoms with Gasteiger partial charge >= 0.3 is 27.6 Å². The number of esters is 2. The number of phosphoric ester groups is 2. The Labute approximate surface area is 382 Å². The molecule has 5 N–H and O–H groups in total. The highest BCUT2D eigenvalue weighted by atomic mass is 31.2. The number of hydrogen-bond acceptors (Lipinski definition) is 11. The summed E-state index contributed by atoms with van der Waals surface area (Å²) in [5.74, 6) is -1.24. The van der Waals surface area contributed by atoms with E-state index in [4.69, 9.17) is 23.8 Å². The van der Waals surface area contributed by atoms with Crippen LogP contribution < -0.4 is 0 Å². The number of hydrogen-bond donors (Lipinski definition) is 5. The molecule has 0 aliphatic heterocycles. The van der Waals surface area contributed by atoms with E-state index in [1.54, 1.807) is 6.08 Å². The third-order valence-electron chi connectivity index (χ3n) is 8.42. The molecule has 0 rings (SSSR count). The molecule has 0 fully saturated rings. The lowest BCUT2D eigenvalue weighted by molar-refractivity contribution is -0.161. The lowest BCUT2D eigenvalue weighted by atomic mass is 10.2. The second-order valence-corrected chi connectivity index (χ2v) is 17.1. The number of allylic oxidation sites excluding steroid dienone is 18. The monoisotopic (exact) mass is 938 g/mol. The molecular weight excluding hydrogens is 862 g/mol. The molecular formula is C48H76O14P2. The number of aliphatic hydroxyl groups is 2. The predicted octanol–water partition coefficient (Wildman–Crippen LogP) is 10.6. The molecule has 2 unspecified atom stereocenters. The van der Waals surface area contributed by atoms with Crippen LogP contribution in [0.15, 0.2) is 122 Å². The Balaban J connectivity index is 4.80. The van der Waals surface area contributed by atoms with E-state index in [1.165, 1.54) is 19.3 Å². The van der Waals surface area contributed by atoms with Gasteiger partial charge in [0.15, 0.2) is 6.10 Å². The van der Waals surface area contributed by atoms with Gasteiger partial charge in [0, 0.05) is 12.8 Å². The summed E-state index contributed by atoms with van der Waals surface area (Å²) in [5, 5.41) is 19.8. The number of aliphatic hydroxyl groups excluding tert-OH is 2. The highest BCUT2D eigenvalue weighted by molar-refractivity contribution is 7.47. The number of carbonyl (C=O) groups excluding carboxylic acids is 2. The van der Waals surface area contributed by atoms with Crippen LogP contribution in [-0.2, 0) is 41.8 Å². The first-order valence-electron chi connectivity index (χ1n) is 22.3. The molecule has 362 valence electrons. The van der Waals surface area contributed by atoms with E-state index in [2.05, 4.69) is 71.5 Å². The van der Waals surface area contributed by atoms with Crippen LogP contribution in [0.2, 0.25) is 0 Å². The molecule has 16 heteroatoms. The highest BCUT2D eigenvalue weighted by Gasteiger charge is 2.28. The molecule has 0 radical (unpaired) electrons. The first-order valence-corrected chi connectivity index (χ1v) is 25.4. The second-order valence-electron chi connectivity index (χ2n) is 14.4. The molecule has 0 aliphatic rings. The summed E-state index contributed by atoms with van der Waals surface area (Å²) >= 11 is 0. The highest BCUT2D eigenvalue weighted by Crippen LogP contribution is 2.43. The fourth-order valence-corrected chi connectivity index (χ4v) is 6.19. The van der Waals surface area contributed by atoms with E-state index in [0.29, 0.717) is 38.5 Å². The van der Waals surface area contributed by atoms with Gasteiger partial charge in [0.05, 0.1) is 25.9 Å². The topological polar surface area (TPSA) is 216 Å². The van der Waals surface area contributed by atoms with Crippen LogP contribution >= 0.6 is 15.6 Å². The van der Waals surface area contributed by atoms with Crippen molar-refractivity contribution in [2.75, 3.05) is 26.4 Å². The van der Waals surface area contributed by atoms with E-state index in [0.717, 1.165) is 38.5 Å². The molecule has 14 nitrogen and oxygen atoms in total. The normalized spacial score (nSPS) is 15.5. The summed E-state index contributed by atoms with van der Waals surface area (Å²) in [5.41, 5.74) is 0. The Kier molecular flexibility index (Phi) is 39.8. The van der Waals surface area contributed by atoms with Crippen molar-refractivity contribution >= 4 is 27.6 Å². The number of carbonyl (C=O) groups is 2. The maximum absolute atomic E-state index is 12.6. The van der Waals surface area contributed by atoms with E-state index < -0.39 is 72.3 Å². The van der Waals surface area contributed by atoms with Crippen molar-refractivity contribution in [2.45, 2.75) is 141 Å². The van der Waals surface area contributed by atoms with Gasteiger partial charge in [-0.1, -0.05) is 148 Å². The Morgan fingerprint density at radius 3 is 1.64 bits per heavy atom. The molecule has 0 aliphatic carbocycles. The van der Waals surface area contributed by atoms with Crippen LogP contribution in [0.3, 0.4) is 0 Å². The van der Waals surface area contributed by atoms with Crippen LogP contribution in [0.5, 0.6) is 0 Å². The summed E-state index contributed by atoms with van der Waals surface area (Å²) < 4.78 is 47.6. The van der Waals surface area contributed by atoms with Crippen LogP contribution in [0, 0.1) is 0 Å². The number of phosphoric acid groups is 2. The van der Waals surface area contributed by atoms with Crippen molar-refractivity contribution in [1.29, 1.82) is 0 Å². The van der Waals surface area contributed by atoms with Gasteiger partial charge in [0.1, 0.15) is 12.7 Å². The minimum Gasteiger partial charge on any atom is -0.462 e. The van der Waals surface area contributed by atoms with Crippen LogP contribution in [0.25, 0.3) is 0 Å². The number of unbranched alkanes of at least 4 members (excludes halogenated alkanes) is 4. The van der Waals surface area contributed by atoms with Crippen molar-refractivity contribution in [3.05, 3.63) is 122 Å². The molecule has 0 spiro atoms. The standard InChI is InChI=1S/C48H76O14P2/c1-3-5-7-9-11-12-13-14-15-16-17-18-19-23-26-30-34-38-47(51)58-42-46(43-61-64(56,57)60-41-45(50)40-59-63(53,54)55)62-48(52)39-35-31-27-24-21-20-22-25-29-33-37-44(49)36-32-28-10-8-6-4-2/h6,8,11-12,14-15,17-18,20-21,23,25-29,31-33,37,44-46,49-50H,3-5,7,9-10,13,16,19,22,24,30,34-36,38-43H2,1-2H3,(H,56,57)(H2,53,54,55)/b8-6-,12-11-,15-14-,18-17-,21-20-,26-23-,29-25-,31-27-,32-28-,37-33+/t44?,45-,46+/m0/s1. The second kappa shape index (κ2) is 42.1. The van der Waals surface area contributed by atoms with Gasteiger partial charge in [-0.05, 0) is 83.5 Å². The van der Waals surface area contributed by atoms with Crippen molar-refractivity contribution in [3.63, 3.8) is 0 Å². The van der Waals surface area contributed by atoms with Crippen molar-refractivity contribution in [2.24, 2.45) is 0 Å². The fraction of sp³-hybridized carbons (Fsp3) is 0.542. The molecule has 64 heavy (non-hydrogen) atoms. The van der Waals surface area contributed by atoms with Gasteiger partial charge in [-0.25, -0.2) is 9.13 Å². The van der Waals surface area contributed by atoms with E-state index in [1.807, 2.05) is 66.8 Å². The molecule has 0 heterocycles. The Morgan fingerprint density at radius 1 is 0.531 bits per heavy atom. The molecule has 0 bridgehead atoms. The average molecular weight is 939 g/mol. The summed E-state index contributed by atoms with van der Waals surface area (Å²) in [7, 11) is -9.75. The van der Waals surface area contributed by atoms with Gasteiger partial charge in [-0.2, -0.15) is 0 Å². The Morgan fingerprint density at radius 2 is 1.05 bits per heavy atom. The molecule has 0 aromatic rings. The maximum atomic E-state index is 12.6. The number of rotatable bonds is 40. The van der Waals surface area contributed by atoms with Crippen LogP contribution in [0.4, 0.5) is 0 Å². The molecule has 0 aromatic heterocycles. The van der Waals surface area contributed by atoms with Gasteiger partial charge in [0.25, 0.3) is 0 Å². The van der Waals surface area contributed by atoms with E-state index >= 15 is 0 Å². The smallest absolute Gasteiger partial charge is 0.462 e. The minimum absolute atomic E-state index is 0.0363. The zero-order valence-electron chi connectivity index (χ0n) is 37.9. The van der Waals surface area contributed by atoms with Crippen molar-refractivity contribution in [3.8, 4) is 0 Å². The molecule has 0 amide bonds. The summed E-state index contributed by atoms with van der Waals surface area (Å²) in [6.45, 7) is 1.37. The molecule has 0 saturated heterocycles. The largest absolute Gasteiger partial charge is 0.472 e. The minimum atomic E-state index is -4.89. The van der Waals surface area contributed by atoms with Crippen LogP contribution in [0.1, 0.15) is 123 Å². The summed E-state index contributed by atoms with van der Waals surface area (Å²) in [6, 6.07) is 0. The maximum Gasteiger partial charge on any atom is 0.472 e. The van der Waals surface area contributed by atoms with E-state index in [-0.39, 0.29) is 12.8 Å². The third kappa shape index (κ3) is 45.1. The molecule has 4 atom stereocenters. The Hall–Kier alpha value is -3.52. The fourth-order valence-electron chi connectivity index (χ4n) is 5.04. The van der Waals surface area contributed by atoms with Gasteiger partial charge in [-0.15, -0.1) is 0 Å². The van der Waals surface area contributed by atoms with Gasteiger partial charge in [0.2, 0.25) is 0 Å². The lowest BCUT2D eigenvalue weighted by Gasteiger charge is -2.20. The molecule has 0 saturated carbocycles. The van der Waals surface area contributed by atoms with Gasteiger partial charge in [-0.3, -0.25) is 23.2 Å². The predicted molar refractivity (Wildman–Crippen MR) is 254 cm³/mol. The first kappa shape index (κ1) is 60.5. The quantitative estimate of drug-likeness (QED) is 0.0127. The van der Waals surface area contributed by atoms with E-state index in [9.17, 15) is 33.8 Å². The SMILES string of the molecule is CC/C=C\C/C=C\CC(O)/C=C/C=C\C/C=C\C/C=C\CCC(=O)O[C@H](COC(=O)CCC/C=C\C/C=C\C/C=C\C/C=C\CCCCC)COP(=O)(O)OC[C@@H](O)COP(=O)(O)O. The zero-order valence-corrected chi connectivity index (χ0v) is 39.7. The zero-order chi connectivity index (χ0) is 47.4. The first-order chi connectivity index (χ1) is 30.8. The van der Waals surface area contributed by atoms with Gasteiger partial charge < -0.3 is 34.4 Å².